The van der Waals surface area contributed by atoms with Gasteiger partial charge in [0.15, 0.2) is 0 Å². The molecule has 0 radical (unpaired) electrons. The molecule has 2 heterocycles. The average molecular weight is 436 g/mol. The van der Waals surface area contributed by atoms with Gasteiger partial charge in [-0.2, -0.15) is 4.31 Å². The summed E-state index contributed by atoms with van der Waals surface area (Å²) >= 11 is 1.56. The number of amides is 1. The molecule has 1 aromatic carbocycles. The normalized spacial score (nSPS) is 15.9. The van der Waals surface area contributed by atoms with Crippen molar-refractivity contribution in [2.45, 2.75) is 36.1 Å². The summed E-state index contributed by atoms with van der Waals surface area (Å²) in [6, 6.07) is 10.2. The smallest absolute Gasteiger partial charge is 0.271 e. The first-order valence-electron chi connectivity index (χ1n) is 9.45. The van der Waals surface area contributed by atoms with E-state index in [1.807, 2.05) is 24.5 Å². The minimum absolute atomic E-state index is 0.261. The maximum Gasteiger partial charge on any atom is 0.271 e. The monoisotopic (exact) mass is 435 g/mol. The Hall–Kier alpha value is -2.10. The molecule has 0 saturated carbocycles. The second-order valence-corrected chi connectivity index (χ2v) is 9.96. The number of carbonyl (C=O) groups is 1. The molecule has 1 aliphatic heterocycles. The van der Waals surface area contributed by atoms with Crippen LogP contribution in [0.3, 0.4) is 0 Å². The van der Waals surface area contributed by atoms with Gasteiger partial charge in [0.1, 0.15) is 11.4 Å². The van der Waals surface area contributed by atoms with Gasteiger partial charge in [-0.1, -0.05) is 13.0 Å². The van der Waals surface area contributed by atoms with Crippen LogP contribution in [0.2, 0.25) is 0 Å². The van der Waals surface area contributed by atoms with Crippen LogP contribution in [0, 0.1) is 5.92 Å². The maximum atomic E-state index is 12.9. The summed E-state index contributed by atoms with van der Waals surface area (Å²) in [6.07, 6.45) is 4.92. The molecule has 1 N–H and O–H groups in total. The summed E-state index contributed by atoms with van der Waals surface area (Å²) in [5.74, 6) is 0.0777. The molecular weight excluding hydrogens is 410 g/mol. The number of benzene rings is 1. The van der Waals surface area contributed by atoms with E-state index in [1.165, 1.54) is 22.6 Å². The van der Waals surface area contributed by atoms with Crippen molar-refractivity contribution in [1.82, 2.24) is 8.87 Å². The van der Waals surface area contributed by atoms with Gasteiger partial charge >= 0.3 is 0 Å². The average Bonchev–Trinajstić information content (AvgIpc) is 2.70. The predicted octanol–water partition coefficient (Wildman–Crippen LogP) is 2.63. The molecule has 2 aromatic rings. The molecule has 0 atom stereocenters. The first-order chi connectivity index (χ1) is 13.8. The Labute approximate surface area is 175 Å². The number of sulfonamides is 1. The first kappa shape index (κ1) is 21.6. The minimum Gasteiger partial charge on any atom is -0.324 e. The maximum absolute atomic E-state index is 12.9. The Bertz CT molecular complexity index is 1040. The van der Waals surface area contributed by atoms with Crippen LogP contribution in [0.5, 0.6) is 0 Å². The van der Waals surface area contributed by atoms with Crippen LogP contribution in [-0.2, 0) is 21.4 Å². The summed E-state index contributed by atoms with van der Waals surface area (Å²) in [6.45, 7) is 2.64. The fourth-order valence-electron chi connectivity index (χ4n) is 3.26. The number of piperidine rings is 1. The summed E-state index contributed by atoms with van der Waals surface area (Å²) < 4.78 is 28.3. The Kier molecular flexibility index (Phi) is 6.81. The lowest BCUT2D eigenvalue weighted by Gasteiger charge is -2.29. The molecule has 0 unspecified atom stereocenters. The van der Waals surface area contributed by atoms with Gasteiger partial charge < -0.3 is 9.88 Å². The van der Waals surface area contributed by atoms with Crippen LogP contribution in [0.25, 0.3) is 0 Å². The number of pyridine rings is 1. The molecule has 1 amide bonds. The van der Waals surface area contributed by atoms with E-state index in [-0.39, 0.29) is 11.4 Å². The molecular formula is C20H25N3O4S2. The Balaban J connectivity index is 1.78. The highest BCUT2D eigenvalue weighted by molar-refractivity contribution is 7.98. The van der Waals surface area contributed by atoms with E-state index < -0.39 is 21.5 Å². The highest BCUT2D eigenvalue weighted by atomic mass is 32.2. The molecule has 0 spiro atoms. The number of hydrogen-bond donors (Lipinski definition) is 1. The van der Waals surface area contributed by atoms with Gasteiger partial charge in [-0.25, -0.2) is 8.42 Å². The summed E-state index contributed by atoms with van der Waals surface area (Å²) in [4.78, 5) is 25.9. The fraction of sp³-hybridized carbons (Fsp3) is 0.400. The largest absolute Gasteiger partial charge is 0.324 e. The zero-order valence-corrected chi connectivity index (χ0v) is 18.1. The number of hydrogen-bond acceptors (Lipinski definition) is 5. The summed E-state index contributed by atoms with van der Waals surface area (Å²) in [5.41, 5.74) is -0.0553. The lowest BCUT2D eigenvalue weighted by atomic mass is 10.0. The summed E-state index contributed by atoms with van der Waals surface area (Å²) in [7, 11) is -3.88. The van der Waals surface area contributed by atoms with Gasteiger partial charge in [0.25, 0.3) is 5.56 Å². The number of nitrogens with one attached hydrogen (secondary N) is 1. The molecule has 1 aliphatic rings. The topological polar surface area (TPSA) is 88.5 Å². The number of anilines is 1. The standard InChI is InChI=1S/C20H25N3O4S2/c1-15-8-11-23(12-9-15)29(26,27)18-7-4-10-22(20(18)25)14-19(24)21-16-5-3-6-17(13-16)28-2/h3-7,10,13,15H,8-9,11-12,14H2,1-2H3,(H,21,24). The third-order valence-corrected chi connectivity index (χ3v) is 7.65. The number of carbonyl (C=O) groups excluding carboxylic acids is 1. The van der Waals surface area contributed by atoms with Crippen LogP contribution in [0.15, 0.2) is 57.2 Å². The van der Waals surface area contributed by atoms with Gasteiger partial charge in [0.05, 0.1) is 0 Å². The van der Waals surface area contributed by atoms with Crippen LogP contribution >= 0.6 is 11.8 Å². The molecule has 7 nitrogen and oxygen atoms in total. The van der Waals surface area contributed by atoms with E-state index in [4.69, 9.17) is 0 Å². The van der Waals surface area contributed by atoms with E-state index in [2.05, 4.69) is 12.2 Å². The molecule has 1 saturated heterocycles. The second kappa shape index (κ2) is 9.15. The molecule has 1 fully saturated rings. The predicted molar refractivity (Wildman–Crippen MR) is 115 cm³/mol. The zero-order valence-electron chi connectivity index (χ0n) is 16.5. The van der Waals surface area contributed by atoms with E-state index >= 15 is 0 Å². The highest BCUT2D eigenvalue weighted by Crippen LogP contribution is 2.22. The Morgan fingerprint density at radius 3 is 2.62 bits per heavy atom. The van der Waals surface area contributed by atoms with Crippen molar-refractivity contribution >= 4 is 33.4 Å². The number of rotatable bonds is 6. The van der Waals surface area contributed by atoms with Crippen LogP contribution in [-0.4, -0.2) is 42.5 Å². The Morgan fingerprint density at radius 1 is 1.21 bits per heavy atom. The van der Waals surface area contributed by atoms with Gasteiger partial charge in [-0.05, 0) is 55.3 Å². The third kappa shape index (κ3) is 5.09. The summed E-state index contributed by atoms with van der Waals surface area (Å²) in [5, 5.41) is 2.75. The van der Waals surface area contributed by atoms with Crippen molar-refractivity contribution in [3.05, 3.63) is 52.9 Å². The van der Waals surface area contributed by atoms with Crippen molar-refractivity contribution < 1.29 is 13.2 Å². The van der Waals surface area contributed by atoms with Crippen molar-refractivity contribution in [2.24, 2.45) is 5.92 Å². The minimum atomic E-state index is -3.88. The SMILES string of the molecule is CSc1cccc(NC(=O)Cn2cccc(S(=O)(=O)N3CCC(C)CC3)c2=O)c1. The van der Waals surface area contributed by atoms with Crippen molar-refractivity contribution in [3.8, 4) is 0 Å². The molecule has 0 aliphatic carbocycles. The molecule has 156 valence electrons. The molecule has 29 heavy (non-hydrogen) atoms. The van der Waals surface area contributed by atoms with Crippen molar-refractivity contribution in [1.29, 1.82) is 0 Å². The lowest BCUT2D eigenvalue weighted by Crippen LogP contribution is -2.41. The highest BCUT2D eigenvalue weighted by Gasteiger charge is 2.30. The molecule has 9 heteroatoms. The van der Waals surface area contributed by atoms with Gasteiger partial charge in [0.2, 0.25) is 15.9 Å². The number of aromatic nitrogens is 1. The van der Waals surface area contributed by atoms with Crippen molar-refractivity contribution in [3.63, 3.8) is 0 Å². The molecule has 3 rings (SSSR count). The number of thioether (sulfide) groups is 1. The zero-order chi connectivity index (χ0) is 21.0. The molecule has 1 aromatic heterocycles. The van der Waals surface area contributed by atoms with Crippen molar-refractivity contribution in [2.75, 3.05) is 24.7 Å². The van der Waals surface area contributed by atoms with Crippen LogP contribution in [0.4, 0.5) is 5.69 Å². The Morgan fingerprint density at radius 2 is 1.93 bits per heavy atom. The van der Waals surface area contributed by atoms with E-state index in [1.54, 1.807) is 17.8 Å². The lowest BCUT2D eigenvalue weighted by molar-refractivity contribution is -0.116. The van der Waals surface area contributed by atoms with Crippen LogP contribution < -0.4 is 10.9 Å². The van der Waals surface area contributed by atoms with Gasteiger partial charge in [0, 0.05) is 29.9 Å². The quantitative estimate of drug-likeness (QED) is 0.705. The van der Waals surface area contributed by atoms with Crippen LogP contribution in [0.1, 0.15) is 19.8 Å². The van der Waals surface area contributed by atoms with Gasteiger partial charge in [-0.3, -0.25) is 9.59 Å². The van der Waals surface area contributed by atoms with E-state index in [0.717, 1.165) is 22.3 Å². The first-order valence-corrected chi connectivity index (χ1v) is 12.1. The third-order valence-electron chi connectivity index (χ3n) is 5.01. The number of nitrogens with zero attached hydrogens (tertiary/aromatic N) is 2. The van der Waals surface area contributed by atoms with Gasteiger partial charge in [-0.15, -0.1) is 11.8 Å². The second-order valence-electron chi connectivity index (χ2n) is 7.17. The molecule has 0 bridgehead atoms. The van der Waals surface area contributed by atoms with E-state index in [0.29, 0.717) is 24.7 Å². The van der Waals surface area contributed by atoms with E-state index in [9.17, 15) is 18.0 Å². The fourth-order valence-corrected chi connectivity index (χ4v) is 5.27.